The molecule has 170 valence electrons. The molecule has 2 fully saturated rings. The number of nitrogens with zero attached hydrogens (tertiary/aromatic N) is 3. The van der Waals surface area contributed by atoms with E-state index in [1.54, 1.807) is 4.90 Å². The van der Waals surface area contributed by atoms with Crippen LogP contribution in [0.15, 0.2) is 29.3 Å². The molecule has 1 aromatic rings. The SMILES string of the molecule is CCNC(=NCc1ccc(CN2CCCC2=O)cc1)NC1CCN(C(=O)OCC)CC1. The summed E-state index contributed by atoms with van der Waals surface area (Å²) in [6.45, 7) is 8.59. The normalized spacial score (nSPS) is 17.7. The van der Waals surface area contributed by atoms with E-state index in [2.05, 4.69) is 41.8 Å². The zero-order chi connectivity index (χ0) is 22.1. The van der Waals surface area contributed by atoms with Crippen LogP contribution in [0.3, 0.4) is 0 Å². The zero-order valence-corrected chi connectivity index (χ0v) is 18.7. The predicted octanol–water partition coefficient (Wildman–Crippen LogP) is 2.49. The van der Waals surface area contributed by atoms with Crippen LogP contribution in [0, 0.1) is 0 Å². The average Bonchev–Trinajstić information content (AvgIpc) is 3.18. The smallest absolute Gasteiger partial charge is 0.409 e. The largest absolute Gasteiger partial charge is 0.450 e. The second kappa shape index (κ2) is 11.6. The number of amides is 2. The summed E-state index contributed by atoms with van der Waals surface area (Å²) in [7, 11) is 0. The van der Waals surface area contributed by atoms with E-state index < -0.39 is 0 Å². The van der Waals surface area contributed by atoms with E-state index >= 15 is 0 Å². The van der Waals surface area contributed by atoms with E-state index in [0.717, 1.165) is 49.4 Å². The van der Waals surface area contributed by atoms with Crippen LogP contribution in [-0.2, 0) is 22.6 Å². The fourth-order valence-electron chi connectivity index (χ4n) is 3.95. The number of aliphatic imine (C=N–C) groups is 1. The molecule has 8 heteroatoms. The van der Waals surface area contributed by atoms with Crippen molar-refractivity contribution in [1.82, 2.24) is 20.4 Å². The summed E-state index contributed by atoms with van der Waals surface area (Å²) in [4.78, 5) is 32.1. The molecule has 2 aliphatic rings. The summed E-state index contributed by atoms with van der Waals surface area (Å²) < 4.78 is 5.09. The van der Waals surface area contributed by atoms with E-state index in [1.807, 2.05) is 11.8 Å². The topological polar surface area (TPSA) is 86.3 Å². The Labute approximate surface area is 185 Å². The number of nitrogens with one attached hydrogen (secondary N) is 2. The van der Waals surface area contributed by atoms with E-state index in [-0.39, 0.29) is 18.0 Å². The number of ether oxygens (including phenoxy) is 1. The van der Waals surface area contributed by atoms with Crippen molar-refractivity contribution in [3.05, 3.63) is 35.4 Å². The molecule has 3 rings (SSSR count). The van der Waals surface area contributed by atoms with Gasteiger partial charge in [0.25, 0.3) is 0 Å². The van der Waals surface area contributed by atoms with Gasteiger partial charge >= 0.3 is 6.09 Å². The molecule has 1 aromatic carbocycles. The lowest BCUT2D eigenvalue weighted by atomic mass is 10.1. The quantitative estimate of drug-likeness (QED) is 0.514. The monoisotopic (exact) mass is 429 g/mol. The Morgan fingerprint density at radius 3 is 2.45 bits per heavy atom. The number of likely N-dealkylation sites (tertiary alicyclic amines) is 2. The van der Waals surface area contributed by atoms with Crippen LogP contribution in [-0.4, -0.2) is 66.6 Å². The lowest BCUT2D eigenvalue weighted by Crippen LogP contribution is -2.49. The summed E-state index contributed by atoms with van der Waals surface area (Å²) in [5, 5.41) is 6.81. The first-order valence-electron chi connectivity index (χ1n) is 11.4. The number of piperidine rings is 1. The number of hydrogen-bond donors (Lipinski definition) is 2. The molecule has 0 aromatic heterocycles. The van der Waals surface area contributed by atoms with Crippen molar-refractivity contribution in [2.75, 3.05) is 32.8 Å². The van der Waals surface area contributed by atoms with Crippen LogP contribution in [0.2, 0.25) is 0 Å². The summed E-state index contributed by atoms with van der Waals surface area (Å²) in [5.74, 6) is 1.05. The van der Waals surface area contributed by atoms with Gasteiger partial charge in [-0.25, -0.2) is 9.79 Å². The molecule has 0 spiro atoms. The first kappa shape index (κ1) is 22.9. The molecule has 0 unspecified atom stereocenters. The van der Waals surface area contributed by atoms with Gasteiger partial charge in [-0.3, -0.25) is 4.79 Å². The number of rotatable bonds is 7. The Kier molecular flexibility index (Phi) is 8.55. The second-order valence-corrected chi connectivity index (χ2v) is 8.04. The minimum absolute atomic E-state index is 0.223. The highest BCUT2D eigenvalue weighted by Gasteiger charge is 2.24. The van der Waals surface area contributed by atoms with Gasteiger partial charge in [-0.15, -0.1) is 0 Å². The molecule has 0 saturated carbocycles. The summed E-state index contributed by atoms with van der Waals surface area (Å²) in [5.41, 5.74) is 2.28. The van der Waals surface area contributed by atoms with E-state index in [0.29, 0.717) is 39.2 Å². The lowest BCUT2D eigenvalue weighted by molar-refractivity contribution is -0.128. The second-order valence-electron chi connectivity index (χ2n) is 8.04. The molecule has 2 aliphatic heterocycles. The fraction of sp³-hybridized carbons (Fsp3) is 0.609. The maximum absolute atomic E-state index is 11.9. The Morgan fingerprint density at radius 2 is 1.84 bits per heavy atom. The van der Waals surface area contributed by atoms with Crippen LogP contribution in [0.4, 0.5) is 4.79 Å². The maximum Gasteiger partial charge on any atom is 0.409 e. The van der Waals surface area contributed by atoms with Gasteiger partial charge in [0.2, 0.25) is 5.91 Å². The first-order valence-corrected chi connectivity index (χ1v) is 11.4. The Balaban J connectivity index is 1.49. The highest BCUT2D eigenvalue weighted by Crippen LogP contribution is 2.15. The van der Waals surface area contributed by atoms with Gasteiger partial charge in [0.1, 0.15) is 0 Å². The molecule has 31 heavy (non-hydrogen) atoms. The molecule has 8 nitrogen and oxygen atoms in total. The van der Waals surface area contributed by atoms with Gasteiger partial charge in [0.15, 0.2) is 5.96 Å². The van der Waals surface area contributed by atoms with E-state index in [4.69, 9.17) is 9.73 Å². The molecular formula is C23H35N5O3. The molecule has 2 amide bonds. The Morgan fingerprint density at radius 1 is 1.13 bits per heavy atom. The number of guanidine groups is 1. The number of carbonyl (C=O) groups excluding carboxylic acids is 2. The highest BCUT2D eigenvalue weighted by molar-refractivity contribution is 5.80. The standard InChI is InChI=1S/C23H35N5O3/c1-3-24-22(26-20-11-14-27(15-12-20)23(30)31-4-2)25-16-18-7-9-19(10-8-18)17-28-13-5-6-21(28)29/h7-10,20H,3-6,11-17H2,1-2H3,(H2,24,25,26). The van der Waals surface area contributed by atoms with Gasteiger partial charge in [-0.2, -0.15) is 0 Å². The third-order valence-corrected chi connectivity index (χ3v) is 5.69. The maximum atomic E-state index is 11.9. The molecule has 0 aliphatic carbocycles. The number of hydrogen-bond acceptors (Lipinski definition) is 4. The summed E-state index contributed by atoms with van der Waals surface area (Å²) in [6.07, 6.45) is 3.15. The van der Waals surface area contributed by atoms with Crippen molar-refractivity contribution in [2.24, 2.45) is 4.99 Å². The third kappa shape index (κ3) is 6.87. The van der Waals surface area contributed by atoms with Gasteiger partial charge in [0.05, 0.1) is 13.2 Å². The summed E-state index contributed by atoms with van der Waals surface area (Å²) >= 11 is 0. The first-order chi connectivity index (χ1) is 15.1. The minimum atomic E-state index is -0.223. The highest BCUT2D eigenvalue weighted by atomic mass is 16.6. The Hall–Kier alpha value is -2.77. The molecule has 0 radical (unpaired) electrons. The van der Waals surface area contributed by atoms with Crippen molar-refractivity contribution in [1.29, 1.82) is 0 Å². The zero-order valence-electron chi connectivity index (χ0n) is 18.7. The van der Waals surface area contributed by atoms with Gasteiger partial charge in [-0.05, 0) is 44.2 Å². The Bertz CT molecular complexity index is 757. The van der Waals surface area contributed by atoms with Crippen molar-refractivity contribution in [3.8, 4) is 0 Å². The predicted molar refractivity (Wildman–Crippen MR) is 121 cm³/mol. The minimum Gasteiger partial charge on any atom is -0.450 e. The molecule has 2 N–H and O–H groups in total. The van der Waals surface area contributed by atoms with Crippen molar-refractivity contribution >= 4 is 18.0 Å². The molecule has 2 saturated heterocycles. The van der Waals surface area contributed by atoms with Crippen molar-refractivity contribution in [3.63, 3.8) is 0 Å². The van der Waals surface area contributed by atoms with Crippen molar-refractivity contribution in [2.45, 2.75) is 58.7 Å². The number of benzene rings is 1. The van der Waals surface area contributed by atoms with Crippen LogP contribution in [0.5, 0.6) is 0 Å². The van der Waals surface area contributed by atoms with Crippen LogP contribution >= 0.6 is 0 Å². The molecular weight excluding hydrogens is 394 g/mol. The van der Waals surface area contributed by atoms with Gasteiger partial charge in [-0.1, -0.05) is 24.3 Å². The van der Waals surface area contributed by atoms with Gasteiger partial charge in [0, 0.05) is 45.2 Å². The van der Waals surface area contributed by atoms with E-state index in [9.17, 15) is 9.59 Å². The van der Waals surface area contributed by atoms with Crippen LogP contribution in [0.1, 0.15) is 50.7 Å². The van der Waals surface area contributed by atoms with Crippen molar-refractivity contribution < 1.29 is 14.3 Å². The van der Waals surface area contributed by atoms with E-state index in [1.165, 1.54) is 0 Å². The molecule has 0 atom stereocenters. The average molecular weight is 430 g/mol. The number of carbonyl (C=O) groups is 2. The third-order valence-electron chi connectivity index (χ3n) is 5.69. The molecule has 2 heterocycles. The van der Waals surface area contributed by atoms with Gasteiger partial charge < -0.3 is 25.2 Å². The fourth-order valence-corrected chi connectivity index (χ4v) is 3.95. The van der Waals surface area contributed by atoms with Crippen LogP contribution < -0.4 is 10.6 Å². The summed E-state index contributed by atoms with van der Waals surface area (Å²) in [6, 6.07) is 8.62. The lowest BCUT2D eigenvalue weighted by Gasteiger charge is -2.32. The van der Waals surface area contributed by atoms with Crippen LogP contribution in [0.25, 0.3) is 0 Å². The molecule has 0 bridgehead atoms.